The van der Waals surface area contributed by atoms with E-state index in [9.17, 15) is 5.11 Å². The van der Waals surface area contributed by atoms with Crippen molar-refractivity contribution in [2.75, 3.05) is 13.2 Å². The Morgan fingerprint density at radius 3 is 3.27 bits per heavy atom. The minimum atomic E-state index is -0.270. The Kier molecular flexibility index (Phi) is 3.72. The molecule has 0 aromatic carbocycles. The smallest absolute Gasteiger partial charge is 0.0931 e. The summed E-state index contributed by atoms with van der Waals surface area (Å²) in [5.41, 5.74) is 0. The molecule has 1 saturated heterocycles. The number of hydrogen-bond acceptors (Lipinski definition) is 4. The van der Waals surface area contributed by atoms with Crippen molar-refractivity contribution in [2.45, 2.75) is 32.3 Å². The number of hydrogen-bond donors (Lipinski definition) is 1. The summed E-state index contributed by atoms with van der Waals surface area (Å²) >= 11 is 1.72. The molecule has 0 amide bonds. The summed E-state index contributed by atoms with van der Waals surface area (Å²) in [5, 5.41) is 10.4. The lowest BCUT2D eigenvalue weighted by Gasteiger charge is -2.03. The van der Waals surface area contributed by atoms with Gasteiger partial charge in [-0.15, -0.1) is 11.3 Å². The van der Waals surface area contributed by atoms with Crippen molar-refractivity contribution in [1.82, 2.24) is 4.98 Å². The van der Waals surface area contributed by atoms with E-state index in [-0.39, 0.29) is 6.10 Å². The number of aliphatic hydroxyl groups excluding tert-OH is 1. The molecule has 0 aliphatic carbocycles. The predicted octanol–water partition coefficient (Wildman–Crippen LogP) is 1.65. The van der Waals surface area contributed by atoms with Gasteiger partial charge in [-0.2, -0.15) is 0 Å². The largest absolute Gasteiger partial charge is 0.393 e. The third kappa shape index (κ3) is 3.26. The number of thiazole rings is 1. The Hall–Kier alpha value is -0.450. The molecule has 1 aromatic rings. The van der Waals surface area contributed by atoms with Crippen LogP contribution in [0.1, 0.15) is 23.2 Å². The summed E-state index contributed by atoms with van der Waals surface area (Å²) < 4.78 is 5.34. The van der Waals surface area contributed by atoms with Crippen LogP contribution in [0.5, 0.6) is 0 Å². The van der Waals surface area contributed by atoms with E-state index in [1.807, 2.05) is 13.1 Å². The fourth-order valence-electron chi connectivity index (χ4n) is 1.82. The van der Waals surface area contributed by atoms with Crippen LogP contribution in [0.25, 0.3) is 0 Å². The molecule has 84 valence electrons. The van der Waals surface area contributed by atoms with Crippen molar-refractivity contribution in [1.29, 1.82) is 0 Å². The van der Waals surface area contributed by atoms with E-state index in [0.717, 1.165) is 32.5 Å². The fourth-order valence-corrected chi connectivity index (χ4v) is 2.98. The third-order valence-electron chi connectivity index (χ3n) is 2.59. The van der Waals surface area contributed by atoms with E-state index < -0.39 is 0 Å². The van der Waals surface area contributed by atoms with Crippen molar-refractivity contribution in [3.05, 3.63) is 16.1 Å². The van der Waals surface area contributed by atoms with Crippen LogP contribution < -0.4 is 0 Å². The predicted molar refractivity (Wildman–Crippen MR) is 60.1 cm³/mol. The molecule has 2 rings (SSSR count). The Morgan fingerprint density at radius 2 is 2.60 bits per heavy atom. The highest BCUT2D eigenvalue weighted by Crippen LogP contribution is 2.22. The molecule has 1 aliphatic rings. The Morgan fingerprint density at radius 1 is 1.73 bits per heavy atom. The van der Waals surface area contributed by atoms with E-state index >= 15 is 0 Å². The molecule has 0 radical (unpaired) electrons. The average Bonchev–Trinajstić information content (AvgIpc) is 2.77. The number of aliphatic hydroxyl groups is 1. The van der Waals surface area contributed by atoms with Gasteiger partial charge in [0.25, 0.3) is 0 Å². The van der Waals surface area contributed by atoms with E-state index in [2.05, 4.69) is 4.98 Å². The van der Waals surface area contributed by atoms with Crippen LogP contribution in [0.2, 0.25) is 0 Å². The zero-order valence-electron chi connectivity index (χ0n) is 8.98. The van der Waals surface area contributed by atoms with Crippen molar-refractivity contribution in [3.8, 4) is 0 Å². The van der Waals surface area contributed by atoms with Gasteiger partial charge >= 0.3 is 0 Å². The summed E-state index contributed by atoms with van der Waals surface area (Å²) in [6.45, 7) is 3.59. The zero-order chi connectivity index (χ0) is 10.7. The summed E-state index contributed by atoms with van der Waals surface area (Å²) in [7, 11) is 0. The van der Waals surface area contributed by atoms with Crippen LogP contribution in [0.4, 0.5) is 0 Å². The van der Waals surface area contributed by atoms with Crippen LogP contribution in [0, 0.1) is 5.92 Å². The number of aromatic nitrogens is 1. The maximum absolute atomic E-state index is 9.26. The maximum atomic E-state index is 9.26. The van der Waals surface area contributed by atoms with Gasteiger partial charge in [-0.1, -0.05) is 0 Å². The quantitative estimate of drug-likeness (QED) is 0.850. The van der Waals surface area contributed by atoms with Crippen molar-refractivity contribution in [3.63, 3.8) is 0 Å². The van der Waals surface area contributed by atoms with Crippen LogP contribution in [0.3, 0.4) is 0 Å². The molecule has 1 aromatic heterocycles. The van der Waals surface area contributed by atoms with E-state index in [0.29, 0.717) is 5.92 Å². The number of ether oxygens (including phenoxy) is 1. The number of rotatable bonds is 4. The van der Waals surface area contributed by atoms with Gasteiger partial charge in [-0.05, 0) is 19.3 Å². The lowest BCUT2D eigenvalue weighted by Crippen LogP contribution is -2.03. The molecule has 1 aliphatic heterocycles. The molecular formula is C11H17NO2S. The first-order chi connectivity index (χ1) is 7.24. The highest BCUT2D eigenvalue weighted by Gasteiger charge is 2.17. The maximum Gasteiger partial charge on any atom is 0.0931 e. The lowest BCUT2D eigenvalue weighted by molar-refractivity contribution is 0.186. The minimum absolute atomic E-state index is 0.270. The zero-order valence-corrected chi connectivity index (χ0v) is 9.80. The molecule has 2 unspecified atom stereocenters. The second-order valence-corrected chi connectivity index (χ2v) is 5.41. The molecule has 1 N–H and O–H groups in total. The Bertz CT molecular complexity index is 305. The van der Waals surface area contributed by atoms with Gasteiger partial charge in [-0.3, -0.25) is 0 Å². The molecule has 1 fully saturated rings. The molecule has 0 spiro atoms. The fraction of sp³-hybridized carbons (Fsp3) is 0.727. The first-order valence-corrected chi connectivity index (χ1v) is 6.25. The van der Waals surface area contributed by atoms with Gasteiger partial charge in [0.15, 0.2) is 0 Å². The summed E-state index contributed by atoms with van der Waals surface area (Å²) in [5.74, 6) is 0.649. The van der Waals surface area contributed by atoms with Crippen LogP contribution in [0.15, 0.2) is 6.20 Å². The Balaban J connectivity index is 1.88. The SMILES string of the molecule is CC(O)Cc1cnc(CC2CCOC2)s1. The van der Waals surface area contributed by atoms with Crippen LogP contribution in [-0.4, -0.2) is 29.4 Å². The van der Waals surface area contributed by atoms with Gasteiger partial charge in [-0.25, -0.2) is 4.98 Å². The van der Waals surface area contributed by atoms with Gasteiger partial charge in [0, 0.05) is 37.1 Å². The van der Waals surface area contributed by atoms with Gasteiger partial charge in [0.1, 0.15) is 0 Å². The van der Waals surface area contributed by atoms with Crippen molar-refractivity contribution < 1.29 is 9.84 Å². The standard InChI is InChI=1S/C11H17NO2S/c1-8(13)4-10-6-12-11(15-10)5-9-2-3-14-7-9/h6,8-9,13H,2-5,7H2,1H3. The normalized spacial score (nSPS) is 23.2. The summed E-state index contributed by atoms with van der Waals surface area (Å²) in [6, 6.07) is 0. The average molecular weight is 227 g/mol. The van der Waals surface area contributed by atoms with Crippen molar-refractivity contribution >= 4 is 11.3 Å². The number of nitrogens with zero attached hydrogens (tertiary/aromatic N) is 1. The molecular weight excluding hydrogens is 210 g/mol. The first-order valence-electron chi connectivity index (χ1n) is 5.43. The molecule has 4 heteroatoms. The second kappa shape index (κ2) is 5.05. The second-order valence-electron chi connectivity index (χ2n) is 4.21. The minimum Gasteiger partial charge on any atom is -0.393 e. The molecule has 2 atom stereocenters. The monoisotopic (exact) mass is 227 g/mol. The molecule has 2 heterocycles. The molecule has 3 nitrogen and oxygen atoms in total. The summed E-state index contributed by atoms with van der Waals surface area (Å²) in [6.07, 6.45) is 4.53. The molecule has 15 heavy (non-hydrogen) atoms. The third-order valence-corrected chi connectivity index (χ3v) is 3.63. The van der Waals surface area contributed by atoms with Crippen LogP contribution >= 0.6 is 11.3 Å². The first kappa shape index (κ1) is 11.0. The highest BCUT2D eigenvalue weighted by atomic mass is 32.1. The molecule has 0 bridgehead atoms. The topological polar surface area (TPSA) is 42.4 Å². The van der Waals surface area contributed by atoms with E-state index in [4.69, 9.17) is 4.74 Å². The van der Waals surface area contributed by atoms with Crippen LogP contribution in [-0.2, 0) is 17.6 Å². The Labute approximate surface area is 94.1 Å². The van der Waals surface area contributed by atoms with Gasteiger partial charge in [0.05, 0.1) is 11.1 Å². The van der Waals surface area contributed by atoms with Crippen molar-refractivity contribution in [2.24, 2.45) is 5.92 Å². The summed E-state index contributed by atoms with van der Waals surface area (Å²) in [4.78, 5) is 5.56. The van der Waals surface area contributed by atoms with E-state index in [1.165, 1.54) is 9.88 Å². The van der Waals surface area contributed by atoms with Gasteiger partial charge in [0.2, 0.25) is 0 Å². The molecule has 0 saturated carbocycles. The lowest BCUT2D eigenvalue weighted by atomic mass is 10.1. The van der Waals surface area contributed by atoms with Gasteiger partial charge < -0.3 is 9.84 Å². The van der Waals surface area contributed by atoms with E-state index in [1.54, 1.807) is 11.3 Å². The highest BCUT2D eigenvalue weighted by molar-refractivity contribution is 7.11.